The van der Waals surface area contributed by atoms with Gasteiger partial charge in [0.1, 0.15) is 11.5 Å². The Balaban J connectivity index is 1.32. The number of hydrogen-bond donors (Lipinski definition) is 1. The highest BCUT2D eigenvalue weighted by Gasteiger charge is 2.32. The van der Waals surface area contributed by atoms with E-state index in [4.69, 9.17) is 4.74 Å². The quantitative estimate of drug-likeness (QED) is 0.385. The maximum atomic E-state index is 13.3. The molecule has 0 saturated carbocycles. The van der Waals surface area contributed by atoms with Gasteiger partial charge in [0.15, 0.2) is 0 Å². The third-order valence-electron chi connectivity index (χ3n) is 5.19. The largest absolute Gasteiger partial charge is 0.457 e. The number of hydrogen-bond acceptors (Lipinski definition) is 4. The Morgan fingerprint density at radius 2 is 1.55 bits per heavy atom. The molecule has 3 aromatic carbocycles. The molecule has 5 heteroatoms. The molecule has 1 amide bonds. The van der Waals surface area contributed by atoms with Crippen molar-refractivity contribution in [2.45, 2.75) is 16.6 Å². The smallest absolute Gasteiger partial charge is 0.236 e. The number of rotatable bonds is 5. The lowest BCUT2D eigenvalue weighted by Crippen LogP contribution is -2.25. The average Bonchev–Trinajstić information content (AvgIpc) is 2.82. The van der Waals surface area contributed by atoms with Crippen LogP contribution in [0.5, 0.6) is 11.5 Å². The highest BCUT2D eigenvalue weighted by atomic mass is 32.2. The number of fused-ring (bicyclic) bond motifs is 2. The van der Waals surface area contributed by atoms with Crippen LogP contribution in [0.4, 0.5) is 5.69 Å². The van der Waals surface area contributed by atoms with E-state index in [-0.39, 0.29) is 5.91 Å². The van der Waals surface area contributed by atoms with Crippen molar-refractivity contribution in [3.05, 3.63) is 114 Å². The van der Waals surface area contributed by atoms with Gasteiger partial charge in [0.25, 0.3) is 0 Å². The number of benzene rings is 3. The van der Waals surface area contributed by atoms with Crippen LogP contribution in [0.2, 0.25) is 0 Å². The number of aromatic nitrogens is 1. The number of nitrogens with zero attached hydrogens (tertiary/aromatic N) is 1. The van der Waals surface area contributed by atoms with E-state index in [1.807, 2.05) is 85.1 Å². The fourth-order valence-corrected chi connectivity index (χ4v) is 4.52. The van der Waals surface area contributed by atoms with E-state index in [0.29, 0.717) is 0 Å². The molecule has 0 atom stereocenters. The minimum atomic E-state index is -0.416. The van der Waals surface area contributed by atoms with Gasteiger partial charge in [-0.15, -0.1) is 11.8 Å². The molecule has 0 radical (unpaired) electrons. The molecule has 152 valence electrons. The first-order valence-electron chi connectivity index (χ1n) is 10.1. The lowest BCUT2D eigenvalue weighted by atomic mass is 9.87. The summed E-state index contributed by atoms with van der Waals surface area (Å²) in [6, 6.07) is 27.4. The number of para-hydroxylation sites is 2. The Kier molecular flexibility index (Phi) is 5.42. The van der Waals surface area contributed by atoms with Gasteiger partial charge in [0.2, 0.25) is 5.91 Å². The number of ether oxygens (including phenoxy) is 1. The summed E-state index contributed by atoms with van der Waals surface area (Å²) < 4.78 is 6.00. The summed E-state index contributed by atoms with van der Waals surface area (Å²) in [5, 5.41) is 3.08. The standard InChI is InChI=1S/C26H20N2O2S/c29-26(25-21-7-1-3-9-23(21)30-24-10-4-2-8-22(24)25)28-19-11-13-20(14-12-19)31-17-18-6-5-15-27-16-18/h1-16,25H,17H2,(H,28,29). The lowest BCUT2D eigenvalue weighted by Gasteiger charge is -2.27. The Morgan fingerprint density at radius 1 is 0.871 bits per heavy atom. The highest BCUT2D eigenvalue weighted by Crippen LogP contribution is 2.44. The molecule has 5 rings (SSSR count). The Hall–Kier alpha value is -3.57. The molecule has 4 nitrogen and oxygen atoms in total. The lowest BCUT2D eigenvalue weighted by molar-refractivity contribution is -0.116. The van der Waals surface area contributed by atoms with Crippen molar-refractivity contribution >= 4 is 23.4 Å². The van der Waals surface area contributed by atoms with Crippen LogP contribution in [0.25, 0.3) is 0 Å². The van der Waals surface area contributed by atoms with Crippen LogP contribution in [0.15, 0.2) is 102 Å². The number of carbonyl (C=O) groups is 1. The van der Waals surface area contributed by atoms with Gasteiger partial charge in [-0.05, 0) is 48.0 Å². The summed E-state index contributed by atoms with van der Waals surface area (Å²) in [5.74, 6) is 1.82. The third-order valence-corrected chi connectivity index (χ3v) is 6.28. The van der Waals surface area contributed by atoms with Gasteiger partial charge in [0.05, 0.1) is 5.92 Å². The summed E-state index contributed by atoms with van der Waals surface area (Å²) in [6.45, 7) is 0. The molecule has 0 unspecified atom stereocenters. The second-order valence-electron chi connectivity index (χ2n) is 7.27. The minimum Gasteiger partial charge on any atom is -0.457 e. The van der Waals surface area contributed by atoms with Crippen molar-refractivity contribution in [3.63, 3.8) is 0 Å². The van der Waals surface area contributed by atoms with Crippen molar-refractivity contribution in [2.75, 3.05) is 5.32 Å². The van der Waals surface area contributed by atoms with E-state index < -0.39 is 5.92 Å². The molecule has 4 aromatic rings. The van der Waals surface area contributed by atoms with Crippen LogP contribution in [-0.2, 0) is 10.5 Å². The van der Waals surface area contributed by atoms with E-state index in [2.05, 4.69) is 16.4 Å². The van der Waals surface area contributed by atoms with Gasteiger partial charge in [0, 0.05) is 39.9 Å². The van der Waals surface area contributed by atoms with Crippen molar-refractivity contribution in [2.24, 2.45) is 0 Å². The van der Waals surface area contributed by atoms with E-state index >= 15 is 0 Å². The Morgan fingerprint density at radius 3 is 2.19 bits per heavy atom. The Labute approximate surface area is 185 Å². The molecule has 0 saturated heterocycles. The van der Waals surface area contributed by atoms with Gasteiger partial charge in [-0.1, -0.05) is 42.5 Å². The van der Waals surface area contributed by atoms with E-state index in [1.165, 1.54) is 5.56 Å². The van der Waals surface area contributed by atoms with Crippen LogP contribution in [0, 0.1) is 0 Å². The van der Waals surface area contributed by atoms with Crippen molar-refractivity contribution in [3.8, 4) is 11.5 Å². The zero-order valence-electron chi connectivity index (χ0n) is 16.7. The first-order valence-corrected chi connectivity index (χ1v) is 11.0. The molecule has 2 heterocycles. The number of anilines is 1. The normalized spacial score (nSPS) is 12.4. The monoisotopic (exact) mass is 424 g/mol. The summed E-state index contributed by atoms with van der Waals surface area (Å²) in [4.78, 5) is 18.6. The molecule has 1 aliphatic rings. The van der Waals surface area contributed by atoms with Crippen LogP contribution < -0.4 is 10.1 Å². The van der Waals surface area contributed by atoms with Gasteiger partial charge < -0.3 is 10.1 Å². The molecular formula is C26H20N2O2S. The molecule has 0 fully saturated rings. The van der Waals surface area contributed by atoms with Crippen molar-refractivity contribution in [1.29, 1.82) is 0 Å². The van der Waals surface area contributed by atoms with Crippen molar-refractivity contribution < 1.29 is 9.53 Å². The summed E-state index contributed by atoms with van der Waals surface area (Å²) >= 11 is 1.74. The average molecular weight is 425 g/mol. The Bertz CT molecular complexity index is 1160. The summed E-state index contributed by atoms with van der Waals surface area (Å²) in [6.07, 6.45) is 3.66. The van der Waals surface area contributed by atoms with Crippen LogP contribution >= 0.6 is 11.8 Å². The first-order chi connectivity index (χ1) is 15.3. The second-order valence-corrected chi connectivity index (χ2v) is 8.32. The number of pyridine rings is 1. The van der Waals surface area contributed by atoms with E-state index in [1.54, 1.807) is 18.0 Å². The predicted molar refractivity (Wildman–Crippen MR) is 124 cm³/mol. The second kappa shape index (κ2) is 8.66. The van der Waals surface area contributed by atoms with Crippen LogP contribution in [0.3, 0.4) is 0 Å². The molecule has 31 heavy (non-hydrogen) atoms. The molecule has 1 aliphatic heterocycles. The maximum Gasteiger partial charge on any atom is 0.236 e. The van der Waals surface area contributed by atoms with Gasteiger partial charge in [-0.25, -0.2) is 0 Å². The van der Waals surface area contributed by atoms with Gasteiger partial charge in [-0.3, -0.25) is 9.78 Å². The molecular weight excluding hydrogens is 404 g/mol. The van der Waals surface area contributed by atoms with Gasteiger partial charge >= 0.3 is 0 Å². The number of nitrogens with one attached hydrogen (secondary N) is 1. The van der Waals surface area contributed by atoms with Crippen LogP contribution in [-0.4, -0.2) is 10.9 Å². The first kappa shape index (κ1) is 19.4. The number of carbonyl (C=O) groups excluding carboxylic acids is 1. The zero-order valence-corrected chi connectivity index (χ0v) is 17.5. The third kappa shape index (κ3) is 4.18. The fraction of sp³-hybridized carbons (Fsp3) is 0.0769. The summed E-state index contributed by atoms with van der Waals surface area (Å²) in [7, 11) is 0. The molecule has 1 aromatic heterocycles. The number of amides is 1. The van der Waals surface area contributed by atoms with Crippen molar-refractivity contribution in [1.82, 2.24) is 4.98 Å². The highest BCUT2D eigenvalue weighted by molar-refractivity contribution is 7.98. The zero-order chi connectivity index (χ0) is 21.0. The molecule has 0 bridgehead atoms. The fourth-order valence-electron chi connectivity index (χ4n) is 3.69. The molecule has 0 aliphatic carbocycles. The summed E-state index contributed by atoms with van der Waals surface area (Å²) in [5.41, 5.74) is 3.71. The van der Waals surface area contributed by atoms with E-state index in [9.17, 15) is 4.79 Å². The SMILES string of the molecule is O=C(Nc1ccc(SCc2cccnc2)cc1)C1c2ccccc2Oc2ccccc21. The maximum absolute atomic E-state index is 13.3. The topological polar surface area (TPSA) is 51.2 Å². The molecule has 1 N–H and O–H groups in total. The minimum absolute atomic E-state index is 0.0704. The molecule has 0 spiro atoms. The number of thioether (sulfide) groups is 1. The van der Waals surface area contributed by atoms with Crippen LogP contribution in [0.1, 0.15) is 22.6 Å². The van der Waals surface area contributed by atoms with Gasteiger partial charge in [-0.2, -0.15) is 0 Å². The predicted octanol–water partition coefficient (Wildman–Crippen LogP) is 6.25. The van der Waals surface area contributed by atoms with E-state index in [0.717, 1.165) is 39.0 Å².